The Morgan fingerprint density at radius 3 is 1.64 bits per heavy atom. The summed E-state index contributed by atoms with van der Waals surface area (Å²) in [5, 5.41) is 2.76. The topological polar surface area (TPSA) is 30.7 Å². The van der Waals surface area contributed by atoms with Crippen LogP contribution in [0.5, 0.6) is 0 Å². The van der Waals surface area contributed by atoms with Crippen molar-refractivity contribution in [1.29, 1.82) is 0 Å². The Balaban J connectivity index is 1.10. The molecular formula is C49H53N3S3. The summed E-state index contributed by atoms with van der Waals surface area (Å²) in [5.74, 6) is 0. The van der Waals surface area contributed by atoms with Gasteiger partial charge in [-0.25, -0.2) is 0 Å². The van der Waals surface area contributed by atoms with E-state index in [2.05, 4.69) is 128 Å². The molecule has 4 aromatic carbocycles. The van der Waals surface area contributed by atoms with Gasteiger partial charge in [0, 0.05) is 53.0 Å². The van der Waals surface area contributed by atoms with Crippen molar-refractivity contribution in [3.8, 4) is 41.8 Å². The maximum absolute atomic E-state index is 4.85. The van der Waals surface area contributed by atoms with Crippen molar-refractivity contribution in [2.24, 2.45) is 0 Å². The Hall–Kier alpha value is -4.10. The van der Waals surface area contributed by atoms with Crippen molar-refractivity contribution in [2.45, 2.75) is 110 Å². The van der Waals surface area contributed by atoms with Gasteiger partial charge in [-0.2, -0.15) is 8.75 Å². The molecule has 3 nitrogen and oxygen atoms in total. The number of thiophene rings is 2. The number of benzene rings is 4. The highest BCUT2D eigenvalue weighted by molar-refractivity contribution is 7.19. The van der Waals surface area contributed by atoms with Gasteiger partial charge < -0.3 is 4.57 Å². The van der Waals surface area contributed by atoms with Gasteiger partial charge in [0.05, 0.1) is 17.2 Å². The van der Waals surface area contributed by atoms with E-state index in [4.69, 9.17) is 8.75 Å². The lowest BCUT2D eigenvalue weighted by atomic mass is 9.99. The highest BCUT2D eigenvalue weighted by Gasteiger charge is 2.21. The smallest absolute Gasteiger partial charge is 0.114 e. The molecule has 0 amide bonds. The van der Waals surface area contributed by atoms with Crippen LogP contribution in [0.2, 0.25) is 0 Å². The molecule has 0 saturated heterocycles. The largest absolute Gasteiger partial charge is 0.337 e. The normalized spacial score (nSPS) is 11.9. The minimum Gasteiger partial charge on any atom is -0.337 e. The molecule has 4 aromatic heterocycles. The quantitative estimate of drug-likeness (QED) is 0.0765. The molecule has 0 fully saturated rings. The van der Waals surface area contributed by atoms with Gasteiger partial charge in [0.15, 0.2) is 0 Å². The summed E-state index contributed by atoms with van der Waals surface area (Å²) in [6, 6.07) is 41.1. The zero-order valence-corrected chi connectivity index (χ0v) is 34.9. The third kappa shape index (κ3) is 8.38. The first kappa shape index (κ1) is 37.8. The first-order valence-electron chi connectivity index (χ1n) is 20.8. The van der Waals surface area contributed by atoms with E-state index in [9.17, 15) is 0 Å². The van der Waals surface area contributed by atoms with Crippen molar-refractivity contribution in [3.63, 3.8) is 0 Å². The molecule has 8 rings (SSSR count). The van der Waals surface area contributed by atoms with E-state index in [1.807, 2.05) is 22.7 Å². The standard InChI is InChI=1S/C49H53N3S3/c1-3-5-7-9-11-16-22-37(23-17-12-10-8-6-4-2)52-42-25-19-18-24-38(42)39-27-26-36(34-43(39)52)45-31-33-47(54-45)41-29-28-40(48-49(41)51-55-50-48)46-32-30-44(53-46)35-20-14-13-15-21-35/h13-15,18-21,24-34,37H,3-12,16-17,22-23H2,1-2H3. The van der Waals surface area contributed by atoms with E-state index in [0.717, 1.165) is 22.2 Å². The molecule has 0 unspecified atom stereocenters. The van der Waals surface area contributed by atoms with Gasteiger partial charge in [-0.1, -0.05) is 164 Å². The lowest BCUT2D eigenvalue weighted by molar-refractivity contribution is 0.410. The number of hydrogen-bond donors (Lipinski definition) is 0. The van der Waals surface area contributed by atoms with E-state index in [-0.39, 0.29) is 0 Å². The minimum absolute atomic E-state index is 0.518. The first-order chi connectivity index (χ1) is 27.2. The third-order valence-corrected chi connectivity index (χ3v) is 14.2. The Bertz CT molecular complexity index is 2430. The van der Waals surface area contributed by atoms with E-state index >= 15 is 0 Å². The monoisotopic (exact) mass is 779 g/mol. The molecule has 8 aromatic rings. The van der Waals surface area contributed by atoms with Crippen molar-refractivity contribution in [1.82, 2.24) is 13.3 Å². The van der Waals surface area contributed by atoms with E-state index in [1.54, 1.807) is 0 Å². The van der Waals surface area contributed by atoms with Crippen LogP contribution in [0.25, 0.3) is 74.6 Å². The van der Waals surface area contributed by atoms with Crippen molar-refractivity contribution >= 4 is 67.2 Å². The predicted octanol–water partition coefficient (Wildman–Crippen LogP) is 16.6. The summed E-state index contributed by atoms with van der Waals surface area (Å²) in [7, 11) is 0. The Morgan fingerprint density at radius 2 is 1.00 bits per heavy atom. The highest BCUT2D eigenvalue weighted by atomic mass is 32.1. The van der Waals surface area contributed by atoms with Crippen LogP contribution >= 0.6 is 34.4 Å². The van der Waals surface area contributed by atoms with Crippen molar-refractivity contribution in [2.75, 3.05) is 0 Å². The zero-order valence-electron chi connectivity index (χ0n) is 32.4. The van der Waals surface area contributed by atoms with Crippen LogP contribution in [0, 0.1) is 0 Å². The van der Waals surface area contributed by atoms with Crippen LogP contribution in [0.1, 0.15) is 110 Å². The van der Waals surface area contributed by atoms with Crippen LogP contribution in [-0.2, 0) is 0 Å². The van der Waals surface area contributed by atoms with Gasteiger partial charge in [-0.15, -0.1) is 22.7 Å². The molecule has 0 spiro atoms. The summed E-state index contributed by atoms with van der Waals surface area (Å²) in [6.07, 6.45) is 18.7. The average Bonchev–Trinajstić information content (AvgIpc) is 4.06. The van der Waals surface area contributed by atoms with Crippen molar-refractivity contribution < 1.29 is 0 Å². The maximum Gasteiger partial charge on any atom is 0.114 e. The lowest BCUT2D eigenvalue weighted by Gasteiger charge is -2.22. The molecule has 4 heterocycles. The first-order valence-corrected chi connectivity index (χ1v) is 23.1. The molecule has 6 heteroatoms. The SMILES string of the molecule is CCCCCCCCC(CCCCCCCC)n1c2ccccc2c2ccc(-c3ccc(-c4ccc(-c5ccc(-c6ccccc6)s5)c5nsnc45)s3)cc21. The summed E-state index contributed by atoms with van der Waals surface area (Å²) < 4.78 is 12.4. The van der Waals surface area contributed by atoms with Gasteiger partial charge in [-0.05, 0) is 60.4 Å². The maximum atomic E-state index is 4.85. The highest BCUT2D eigenvalue weighted by Crippen LogP contribution is 2.44. The molecule has 0 aliphatic carbocycles. The van der Waals surface area contributed by atoms with Crippen LogP contribution in [-0.4, -0.2) is 13.3 Å². The molecule has 0 atom stereocenters. The molecule has 0 bridgehead atoms. The van der Waals surface area contributed by atoms with Gasteiger partial charge >= 0.3 is 0 Å². The Kier molecular flexibility index (Phi) is 12.5. The Labute approximate surface area is 339 Å². The summed E-state index contributed by atoms with van der Waals surface area (Å²) >= 11 is 5.00. The van der Waals surface area contributed by atoms with Crippen molar-refractivity contribution in [3.05, 3.63) is 109 Å². The van der Waals surface area contributed by atoms with Gasteiger partial charge in [-0.3, -0.25) is 0 Å². The van der Waals surface area contributed by atoms with Gasteiger partial charge in [0.1, 0.15) is 11.0 Å². The summed E-state index contributed by atoms with van der Waals surface area (Å²) in [5.41, 5.74) is 9.63. The number of nitrogens with zero attached hydrogens (tertiary/aromatic N) is 3. The number of rotatable bonds is 19. The van der Waals surface area contributed by atoms with E-state index < -0.39 is 0 Å². The molecule has 0 N–H and O–H groups in total. The fraction of sp³-hybridized carbons (Fsp3) is 0.347. The molecule has 0 aliphatic heterocycles. The molecule has 282 valence electrons. The molecule has 0 aliphatic rings. The number of hydrogen-bond acceptors (Lipinski definition) is 5. The molecule has 55 heavy (non-hydrogen) atoms. The second-order valence-corrected chi connectivity index (χ2v) is 17.9. The number of aromatic nitrogens is 3. The molecular weight excluding hydrogens is 727 g/mol. The molecule has 0 radical (unpaired) electrons. The second kappa shape index (κ2) is 18.2. The fourth-order valence-corrected chi connectivity index (χ4v) is 11.1. The van der Waals surface area contributed by atoms with Gasteiger partial charge in [0.25, 0.3) is 0 Å². The van der Waals surface area contributed by atoms with Crippen LogP contribution < -0.4 is 0 Å². The minimum atomic E-state index is 0.518. The third-order valence-electron chi connectivity index (χ3n) is 11.4. The van der Waals surface area contributed by atoms with Gasteiger partial charge in [0.2, 0.25) is 0 Å². The lowest BCUT2D eigenvalue weighted by Crippen LogP contribution is -2.09. The predicted molar refractivity (Wildman–Crippen MR) is 243 cm³/mol. The number of para-hydroxylation sites is 1. The van der Waals surface area contributed by atoms with E-state index in [0.29, 0.717) is 6.04 Å². The number of unbranched alkanes of at least 4 members (excludes halogenated alkanes) is 10. The summed E-state index contributed by atoms with van der Waals surface area (Å²) in [4.78, 5) is 5.03. The van der Waals surface area contributed by atoms with Crippen LogP contribution in [0.3, 0.4) is 0 Å². The second-order valence-electron chi connectivity index (χ2n) is 15.2. The zero-order chi connectivity index (χ0) is 37.4. The Morgan fingerprint density at radius 1 is 0.473 bits per heavy atom. The fourth-order valence-electron chi connectivity index (χ4n) is 8.41. The van der Waals surface area contributed by atoms with Crippen LogP contribution in [0.15, 0.2) is 109 Å². The number of fused-ring (bicyclic) bond motifs is 4. The molecule has 0 saturated carbocycles. The summed E-state index contributed by atoms with van der Waals surface area (Å²) in [6.45, 7) is 4.62. The van der Waals surface area contributed by atoms with E-state index in [1.165, 1.54) is 154 Å². The average molecular weight is 780 g/mol. The van der Waals surface area contributed by atoms with Crippen LogP contribution in [0.4, 0.5) is 0 Å².